The molecule has 3 heteroatoms. The van der Waals surface area contributed by atoms with Crippen LogP contribution in [0.3, 0.4) is 0 Å². The van der Waals surface area contributed by atoms with Crippen LogP contribution in [0.5, 0.6) is 0 Å². The number of aromatic amines is 1. The van der Waals surface area contributed by atoms with Gasteiger partial charge in [-0.3, -0.25) is 5.10 Å². The van der Waals surface area contributed by atoms with Crippen LogP contribution in [0.1, 0.15) is 22.4 Å². The van der Waals surface area contributed by atoms with E-state index in [1.165, 1.54) is 27.9 Å². The van der Waals surface area contributed by atoms with E-state index in [0.29, 0.717) is 0 Å². The van der Waals surface area contributed by atoms with Gasteiger partial charge in [0.25, 0.3) is 0 Å². The molecule has 2 aromatic rings. The lowest BCUT2D eigenvalue weighted by Crippen LogP contribution is -2.10. The first-order valence-electron chi connectivity index (χ1n) is 6.39. The number of aromatic nitrogens is 2. The fourth-order valence-corrected chi connectivity index (χ4v) is 2.46. The maximum Gasteiger partial charge on any atom is 0.0928 e. The van der Waals surface area contributed by atoms with E-state index in [0.717, 1.165) is 18.7 Å². The smallest absolute Gasteiger partial charge is 0.0928 e. The fraction of sp³-hybridized carbons (Fsp3) is 0.400. The van der Waals surface area contributed by atoms with Crippen LogP contribution in [0.4, 0.5) is 0 Å². The third-order valence-electron chi connectivity index (χ3n) is 3.21. The minimum absolute atomic E-state index is 0.966. The molecule has 1 heterocycles. The topological polar surface area (TPSA) is 40.7 Å². The molecule has 0 spiro atoms. The van der Waals surface area contributed by atoms with Crippen LogP contribution in [-0.4, -0.2) is 23.8 Å². The molecule has 0 aliphatic carbocycles. The molecule has 0 unspecified atom stereocenters. The SMILES string of the molecule is CNCCc1cc(-c2c(C)cc(C)cc2C)n[nH]1. The third kappa shape index (κ3) is 2.62. The largest absolute Gasteiger partial charge is 0.319 e. The molecule has 0 radical (unpaired) electrons. The van der Waals surface area contributed by atoms with E-state index >= 15 is 0 Å². The van der Waals surface area contributed by atoms with Crippen molar-refractivity contribution < 1.29 is 0 Å². The number of rotatable bonds is 4. The van der Waals surface area contributed by atoms with Crippen LogP contribution >= 0.6 is 0 Å². The summed E-state index contributed by atoms with van der Waals surface area (Å²) in [4.78, 5) is 0. The zero-order chi connectivity index (χ0) is 13.1. The second-order valence-corrected chi connectivity index (χ2v) is 4.91. The number of hydrogen-bond acceptors (Lipinski definition) is 2. The van der Waals surface area contributed by atoms with Gasteiger partial charge in [0.2, 0.25) is 0 Å². The normalized spacial score (nSPS) is 10.9. The highest BCUT2D eigenvalue weighted by atomic mass is 15.1. The number of likely N-dealkylation sites (N-methyl/N-ethyl adjacent to an activating group) is 1. The van der Waals surface area contributed by atoms with Gasteiger partial charge in [0.05, 0.1) is 5.69 Å². The van der Waals surface area contributed by atoms with Gasteiger partial charge in [-0.25, -0.2) is 0 Å². The molecule has 18 heavy (non-hydrogen) atoms. The van der Waals surface area contributed by atoms with Gasteiger partial charge < -0.3 is 5.32 Å². The molecule has 1 aromatic heterocycles. The van der Waals surface area contributed by atoms with Crippen molar-refractivity contribution in [3.8, 4) is 11.3 Å². The minimum Gasteiger partial charge on any atom is -0.319 e. The van der Waals surface area contributed by atoms with Crippen molar-refractivity contribution in [2.24, 2.45) is 0 Å². The molecular weight excluding hydrogens is 222 g/mol. The molecular formula is C15H21N3. The zero-order valence-corrected chi connectivity index (χ0v) is 11.6. The van der Waals surface area contributed by atoms with Gasteiger partial charge in [-0.05, 0) is 45.0 Å². The Morgan fingerprint density at radius 3 is 2.39 bits per heavy atom. The summed E-state index contributed by atoms with van der Waals surface area (Å²) in [7, 11) is 1.96. The van der Waals surface area contributed by atoms with Crippen LogP contribution in [0.15, 0.2) is 18.2 Å². The van der Waals surface area contributed by atoms with E-state index < -0.39 is 0 Å². The second kappa shape index (κ2) is 5.36. The van der Waals surface area contributed by atoms with Crippen molar-refractivity contribution in [1.29, 1.82) is 0 Å². The quantitative estimate of drug-likeness (QED) is 0.867. The summed E-state index contributed by atoms with van der Waals surface area (Å²) >= 11 is 0. The molecule has 2 N–H and O–H groups in total. The summed E-state index contributed by atoms with van der Waals surface area (Å²) in [6.45, 7) is 7.40. The molecule has 96 valence electrons. The molecule has 0 fully saturated rings. The average Bonchev–Trinajstić information content (AvgIpc) is 2.73. The Bertz CT molecular complexity index is 517. The van der Waals surface area contributed by atoms with Crippen LogP contribution in [0.25, 0.3) is 11.3 Å². The van der Waals surface area contributed by atoms with Crippen LogP contribution in [0.2, 0.25) is 0 Å². The van der Waals surface area contributed by atoms with Crippen LogP contribution < -0.4 is 5.32 Å². The third-order valence-corrected chi connectivity index (χ3v) is 3.21. The highest BCUT2D eigenvalue weighted by Gasteiger charge is 2.10. The number of benzene rings is 1. The van der Waals surface area contributed by atoms with Crippen molar-refractivity contribution >= 4 is 0 Å². The van der Waals surface area contributed by atoms with Crippen molar-refractivity contribution in [2.75, 3.05) is 13.6 Å². The van der Waals surface area contributed by atoms with Crippen molar-refractivity contribution in [3.63, 3.8) is 0 Å². The Labute approximate surface area is 109 Å². The Balaban J connectivity index is 2.34. The summed E-state index contributed by atoms with van der Waals surface area (Å²) in [5.74, 6) is 0. The highest BCUT2D eigenvalue weighted by Crippen LogP contribution is 2.27. The summed E-state index contributed by atoms with van der Waals surface area (Å²) in [5.41, 5.74) is 7.38. The molecule has 3 nitrogen and oxygen atoms in total. The summed E-state index contributed by atoms with van der Waals surface area (Å²) < 4.78 is 0. The summed E-state index contributed by atoms with van der Waals surface area (Å²) in [6, 6.07) is 6.58. The van der Waals surface area contributed by atoms with E-state index in [2.05, 4.69) is 54.5 Å². The standard InChI is InChI=1S/C15H21N3/c1-10-7-11(2)15(12(3)8-10)14-9-13(17-18-14)5-6-16-4/h7-9,16H,5-6H2,1-4H3,(H,17,18). The predicted molar refractivity (Wildman–Crippen MR) is 75.9 cm³/mol. The van der Waals surface area contributed by atoms with Crippen molar-refractivity contribution in [1.82, 2.24) is 15.5 Å². The Morgan fingerprint density at radius 1 is 1.11 bits per heavy atom. The molecule has 0 aliphatic heterocycles. The Hall–Kier alpha value is -1.61. The number of nitrogens with one attached hydrogen (secondary N) is 2. The lowest BCUT2D eigenvalue weighted by atomic mass is 9.97. The number of nitrogens with zero attached hydrogens (tertiary/aromatic N) is 1. The monoisotopic (exact) mass is 243 g/mol. The summed E-state index contributed by atoms with van der Waals surface area (Å²) in [5, 5.41) is 10.7. The Morgan fingerprint density at radius 2 is 1.78 bits per heavy atom. The molecule has 0 bridgehead atoms. The summed E-state index contributed by atoms with van der Waals surface area (Å²) in [6.07, 6.45) is 0.980. The van der Waals surface area contributed by atoms with Gasteiger partial charge in [-0.1, -0.05) is 17.7 Å². The van der Waals surface area contributed by atoms with Gasteiger partial charge in [0.15, 0.2) is 0 Å². The van der Waals surface area contributed by atoms with Gasteiger partial charge >= 0.3 is 0 Å². The van der Waals surface area contributed by atoms with E-state index in [9.17, 15) is 0 Å². The minimum atomic E-state index is 0.966. The van der Waals surface area contributed by atoms with Crippen molar-refractivity contribution in [2.45, 2.75) is 27.2 Å². The van der Waals surface area contributed by atoms with E-state index in [1.54, 1.807) is 0 Å². The molecule has 0 amide bonds. The zero-order valence-electron chi connectivity index (χ0n) is 11.6. The lowest BCUT2D eigenvalue weighted by Gasteiger charge is -2.08. The predicted octanol–water partition coefficient (Wildman–Crippen LogP) is 2.76. The van der Waals surface area contributed by atoms with E-state index in [1.807, 2.05) is 7.05 Å². The number of hydrogen-bond donors (Lipinski definition) is 2. The molecule has 0 atom stereocenters. The first kappa shape index (κ1) is 12.8. The van der Waals surface area contributed by atoms with Gasteiger partial charge in [-0.15, -0.1) is 0 Å². The van der Waals surface area contributed by atoms with Crippen LogP contribution in [0, 0.1) is 20.8 Å². The molecule has 0 saturated carbocycles. The number of aryl methyl sites for hydroxylation is 3. The molecule has 0 aliphatic rings. The van der Waals surface area contributed by atoms with Crippen LogP contribution in [-0.2, 0) is 6.42 Å². The molecule has 1 aromatic carbocycles. The fourth-order valence-electron chi connectivity index (χ4n) is 2.46. The van der Waals surface area contributed by atoms with E-state index in [-0.39, 0.29) is 0 Å². The average molecular weight is 243 g/mol. The molecule has 2 rings (SSSR count). The van der Waals surface area contributed by atoms with Gasteiger partial charge in [0, 0.05) is 24.2 Å². The molecule has 0 saturated heterocycles. The second-order valence-electron chi connectivity index (χ2n) is 4.91. The Kier molecular flexibility index (Phi) is 3.82. The van der Waals surface area contributed by atoms with Gasteiger partial charge in [-0.2, -0.15) is 5.10 Å². The lowest BCUT2D eigenvalue weighted by molar-refractivity contribution is 0.772. The number of H-pyrrole nitrogens is 1. The first-order chi connectivity index (χ1) is 8.61. The van der Waals surface area contributed by atoms with E-state index in [4.69, 9.17) is 0 Å². The first-order valence-corrected chi connectivity index (χ1v) is 6.39. The van der Waals surface area contributed by atoms with Crippen molar-refractivity contribution in [3.05, 3.63) is 40.6 Å². The van der Waals surface area contributed by atoms with Gasteiger partial charge in [0.1, 0.15) is 0 Å². The maximum absolute atomic E-state index is 4.44. The highest BCUT2D eigenvalue weighted by molar-refractivity contribution is 5.68. The maximum atomic E-state index is 4.44.